The molecule has 1 aromatic heterocycles. The van der Waals surface area contributed by atoms with E-state index in [0.717, 1.165) is 0 Å². The van der Waals surface area contributed by atoms with Gasteiger partial charge in [0, 0.05) is 11.1 Å². The van der Waals surface area contributed by atoms with Gasteiger partial charge in [-0.1, -0.05) is 17.7 Å². The van der Waals surface area contributed by atoms with Gasteiger partial charge < -0.3 is 5.32 Å². The Morgan fingerprint density at radius 3 is 2.75 bits per heavy atom. The zero-order valence-electron chi connectivity index (χ0n) is 9.84. The van der Waals surface area contributed by atoms with Crippen molar-refractivity contribution in [2.45, 2.75) is 0 Å². The standard InChI is InChI=1S/C12H7BrClN3O3/c13-10-2-1-3-11(15-10)16-12(18)8-6-7(14)4-5-9(8)17(19)20/h1-6H,(H,15,16,18). The van der Waals surface area contributed by atoms with Crippen molar-refractivity contribution in [3.8, 4) is 0 Å². The molecule has 0 fully saturated rings. The molecule has 0 saturated carbocycles. The number of pyridine rings is 1. The summed E-state index contributed by atoms with van der Waals surface area (Å²) in [7, 11) is 0. The highest BCUT2D eigenvalue weighted by atomic mass is 79.9. The van der Waals surface area contributed by atoms with Gasteiger partial charge in [-0.15, -0.1) is 0 Å². The molecule has 0 saturated heterocycles. The maximum absolute atomic E-state index is 12.1. The van der Waals surface area contributed by atoms with E-state index >= 15 is 0 Å². The molecule has 1 amide bonds. The second kappa shape index (κ2) is 5.98. The summed E-state index contributed by atoms with van der Waals surface area (Å²) in [5.41, 5.74) is -0.439. The van der Waals surface area contributed by atoms with Crippen LogP contribution in [0.25, 0.3) is 0 Å². The van der Waals surface area contributed by atoms with Gasteiger partial charge in [-0.05, 0) is 40.2 Å². The smallest absolute Gasteiger partial charge is 0.282 e. The first kappa shape index (κ1) is 14.4. The first-order valence-corrected chi connectivity index (χ1v) is 6.52. The van der Waals surface area contributed by atoms with Crippen LogP contribution in [0, 0.1) is 10.1 Å². The van der Waals surface area contributed by atoms with Gasteiger partial charge in [0.05, 0.1) is 4.92 Å². The molecule has 0 atom stereocenters. The number of anilines is 1. The zero-order valence-corrected chi connectivity index (χ0v) is 12.2. The molecule has 0 aliphatic carbocycles. The van der Waals surface area contributed by atoms with Crippen LogP contribution in [0.1, 0.15) is 10.4 Å². The zero-order chi connectivity index (χ0) is 14.7. The van der Waals surface area contributed by atoms with Crippen LogP contribution in [-0.4, -0.2) is 15.8 Å². The summed E-state index contributed by atoms with van der Waals surface area (Å²) in [6.07, 6.45) is 0. The summed E-state index contributed by atoms with van der Waals surface area (Å²) >= 11 is 8.93. The number of aromatic nitrogens is 1. The summed E-state index contributed by atoms with van der Waals surface area (Å²) in [6.45, 7) is 0. The van der Waals surface area contributed by atoms with Gasteiger partial charge >= 0.3 is 0 Å². The van der Waals surface area contributed by atoms with E-state index in [1.165, 1.54) is 18.2 Å². The number of hydrogen-bond acceptors (Lipinski definition) is 4. The molecule has 1 aromatic carbocycles. The number of carbonyl (C=O) groups is 1. The molecule has 2 rings (SSSR count). The fraction of sp³-hybridized carbons (Fsp3) is 0. The topological polar surface area (TPSA) is 85.1 Å². The molecule has 6 nitrogen and oxygen atoms in total. The Morgan fingerprint density at radius 2 is 2.10 bits per heavy atom. The molecule has 0 radical (unpaired) electrons. The third-order valence-corrected chi connectivity index (χ3v) is 3.03. The van der Waals surface area contributed by atoms with Crippen molar-refractivity contribution in [1.82, 2.24) is 4.98 Å². The highest BCUT2D eigenvalue weighted by Gasteiger charge is 2.20. The third-order valence-electron chi connectivity index (χ3n) is 2.36. The highest BCUT2D eigenvalue weighted by molar-refractivity contribution is 9.10. The minimum absolute atomic E-state index is 0.121. The molecule has 8 heteroatoms. The van der Waals surface area contributed by atoms with Crippen molar-refractivity contribution >= 4 is 44.9 Å². The molecule has 1 N–H and O–H groups in total. The van der Waals surface area contributed by atoms with E-state index in [-0.39, 0.29) is 22.1 Å². The average Bonchev–Trinajstić information content (AvgIpc) is 2.38. The molecule has 102 valence electrons. The van der Waals surface area contributed by atoms with Crippen molar-refractivity contribution in [3.05, 3.63) is 61.7 Å². The van der Waals surface area contributed by atoms with Gasteiger partial charge in [0.1, 0.15) is 16.0 Å². The van der Waals surface area contributed by atoms with E-state index in [1.807, 2.05) is 0 Å². The van der Waals surface area contributed by atoms with Gasteiger partial charge in [-0.2, -0.15) is 0 Å². The van der Waals surface area contributed by atoms with E-state index in [2.05, 4.69) is 26.2 Å². The molecular weight excluding hydrogens is 350 g/mol. The van der Waals surface area contributed by atoms with Crippen LogP contribution in [0.5, 0.6) is 0 Å². The Morgan fingerprint density at radius 1 is 1.35 bits per heavy atom. The second-order valence-electron chi connectivity index (χ2n) is 3.72. The van der Waals surface area contributed by atoms with Crippen LogP contribution >= 0.6 is 27.5 Å². The lowest BCUT2D eigenvalue weighted by Crippen LogP contribution is -2.14. The monoisotopic (exact) mass is 355 g/mol. The minimum Gasteiger partial charge on any atom is -0.306 e. The van der Waals surface area contributed by atoms with Gasteiger partial charge in [0.2, 0.25) is 0 Å². The quantitative estimate of drug-likeness (QED) is 0.516. The van der Waals surface area contributed by atoms with Crippen LogP contribution in [0.2, 0.25) is 5.02 Å². The summed E-state index contributed by atoms with van der Waals surface area (Å²) in [4.78, 5) is 26.4. The number of benzene rings is 1. The van der Waals surface area contributed by atoms with Gasteiger partial charge in [0.15, 0.2) is 0 Å². The lowest BCUT2D eigenvalue weighted by Gasteiger charge is -2.05. The van der Waals surface area contributed by atoms with Gasteiger partial charge in [-0.25, -0.2) is 4.98 Å². The molecule has 0 aliphatic heterocycles. The number of nitro groups is 1. The fourth-order valence-electron chi connectivity index (χ4n) is 1.51. The van der Waals surface area contributed by atoms with Crippen molar-refractivity contribution in [3.63, 3.8) is 0 Å². The molecule has 0 bridgehead atoms. The molecule has 1 heterocycles. The Hall–Kier alpha value is -1.99. The van der Waals surface area contributed by atoms with Crippen LogP contribution in [0.4, 0.5) is 11.5 Å². The largest absolute Gasteiger partial charge is 0.306 e. The van der Waals surface area contributed by atoms with Crippen LogP contribution < -0.4 is 5.32 Å². The van der Waals surface area contributed by atoms with Crippen molar-refractivity contribution in [1.29, 1.82) is 0 Å². The second-order valence-corrected chi connectivity index (χ2v) is 4.97. The van der Waals surface area contributed by atoms with E-state index in [1.54, 1.807) is 18.2 Å². The highest BCUT2D eigenvalue weighted by Crippen LogP contribution is 2.23. The van der Waals surface area contributed by atoms with E-state index in [4.69, 9.17) is 11.6 Å². The lowest BCUT2D eigenvalue weighted by molar-refractivity contribution is -0.385. The molecule has 0 spiro atoms. The Labute approximate surface area is 127 Å². The van der Waals surface area contributed by atoms with Crippen molar-refractivity contribution in [2.24, 2.45) is 0 Å². The molecule has 20 heavy (non-hydrogen) atoms. The minimum atomic E-state index is -0.648. The number of halogens is 2. The summed E-state index contributed by atoms with van der Waals surface area (Å²) < 4.78 is 0.538. The van der Waals surface area contributed by atoms with E-state index in [9.17, 15) is 14.9 Å². The number of nitrogens with one attached hydrogen (secondary N) is 1. The number of amides is 1. The van der Waals surface area contributed by atoms with Gasteiger partial charge in [-0.3, -0.25) is 14.9 Å². The average molecular weight is 357 g/mol. The van der Waals surface area contributed by atoms with Gasteiger partial charge in [0.25, 0.3) is 11.6 Å². The predicted molar refractivity (Wildman–Crippen MR) is 78.0 cm³/mol. The number of carbonyl (C=O) groups excluding carboxylic acids is 1. The lowest BCUT2D eigenvalue weighted by atomic mass is 10.1. The fourth-order valence-corrected chi connectivity index (χ4v) is 2.03. The Kier molecular flexibility index (Phi) is 4.31. The molecular formula is C12H7BrClN3O3. The summed E-state index contributed by atoms with van der Waals surface area (Å²) in [5.74, 6) is -0.372. The molecule has 2 aromatic rings. The maximum Gasteiger partial charge on any atom is 0.282 e. The molecule has 0 aliphatic rings. The predicted octanol–water partition coefficient (Wildman–Crippen LogP) is 3.66. The number of hydrogen-bond donors (Lipinski definition) is 1. The first-order valence-electron chi connectivity index (χ1n) is 5.35. The number of nitrogens with zero attached hydrogens (tertiary/aromatic N) is 2. The summed E-state index contributed by atoms with van der Waals surface area (Å²) in [6, 6.07) is 8.72. The number of nitro benzene ring substituents is 1. The Bertz CT molecular complexity index is 693. The normalized spacial score (nSPS) is 10.1. The Balaban J connectivity index is 2.34. The van der Waals surface area contributed by atoms with Crippen LogP contribution in [0.3, 0.4) is 0 Å². The van der Waals surface area contributed by atoms with E-state index < -0.39 is 10.8 Å². The maximum atomic E-state index is 12.1. The first-order chi connectivity index (χ1) is 9.47. The number of rotatable bonds is 3. The van der Waals surface area contributed by atoms with Crippen molar-refractivity contribution in [2.75, 3.05) is 5.32 Å². The third kappa shape index (κ3) is 3.31. The summed E-state index contributed by atoms with van der Waals surface area (Å²) in [5, 5.41) is 13.6. The molecule has 0 unspecified atom stereocenters. The van der Waals surface area contributed by atoms with Crippen LogP contribution in [0.15, 0.2) is 41.0 Å². The SMILES string of the molecule is O=C(Nc1cccc(Br)n1)c1cc(Cl)ccc1[N+](=O)[O-]. The van der Waals surface area contributed by atoms with E-state index in [0.29, 0.717) is 4.60 Å². The van der Waals surface area contributed by atoms with Crippen molar-refractivity contribution < 1.29 is 9.72 Å². The van der Waals surface area contributed by atoms with Crippen LogP contribution in [-0.2, 0) is 0 Å².